The average Bonchev–Trinajstić information content (AvgIpc) is 2.84. The number of allylic oxidation sites excluding steroid dienone is 2. The van der Waals surface area contributed by atoms with Gasteiger partial charge in [0.05, 0.1) is 5.57 Å². The van der Waals surface area contributed by atoms with Gasteiger partial charge in [-0.1, -0.05) is 11.1 Å². The van der Waals surface area contributed by atoms with E-state index in [0.29, 0.717) is 5.92 Å². The normalized spacial score (nSPS) is 32.1. The highest BCUT2D eigenvalue weighted by Gasteiger charge is 2.50. The molecule has 106 valence electrons. The molecule has 0 amide bonds. The van der Waals surface area contributed by atoms with Crippen molar-refractivity contribution in [3.05, 3.63) is 22.8 Å². The summed E-state index contributed by atoms with van der Waals surface area (Å²) in [6, 6.07) is 0. The zero-order valence-electron chi connectivity index (χ0n) is 12.9. The van der Waals surface area contributed by atoms with Crippen LogP contribution in [-0.4, -0.2) is 11.6 Å². The molecule has 0 radical (unpaired) electrons. The summed E-state index contributed by atoms with van der Waals surface area (Å²) in [6.07, 6.45) is 6.78. The Morgan fingerprint density at radius 1 is 1.21 bits per heavy atom. The van der Waals surface area contributed by atoms with Crippen LogP contribution in [0, 0.1) is 11.8 Å². The number of carbonyl (C=O) groups is 1. The molecule has 2 fully saturated rings. The number of ether oxygens (including phenoxy) is 1. The van der Waals surface area contributed by atoms with E-state index in [1.54, 1.807) is 0 Å². The van der Waals surface area contributed by atoms with Gasteiger partial charge in [0, 0.05) is 0 Å². The first-order valence-corrected chi connectivity index (χ1v) is 7.37. The Hall–Kier alpha value is -1.05. The zero-order chi connectivity index (χ0) is 14.2. The number of hydrogen-bond acceptors (Lipinski definition) is 2. The van der Waals surface area contributed by atoms with Gasteiger partial charge in [-0.05, 0) is 78.2 Å². The predicted molar refractivity (Wildman–Crippen MR) is 77.8 cm³/mol. The Balaban J connectivity index is 2.13. The topological polar surface area (TPSA) is 26.3 Å². The van der Waals surface area contributed by atoms with Gasteiger partial charge in [0.1, 0.15) is 5.60 Å². The van der Waals surface area contributed by atoms with Crippen LogP contribution in [0.25, 0.3) is 0 Å². The Labute approximate surface area is 116 Å². The maximum absolute atomic E-state index is 12.4. The van der Waals surface area contributed by atoms with E-state index in [2.05, 4.69) is 6.92 Å². The SMILES string of the molecule is CC(C)=CC(C(=O)OC1(C)CC2CCC1C2)=C(C)C. The van der Waals surface area contributed by atoms with Crippen LogP contribution in [0.15, 0.2) is 22.8 Å². The number of rotatable bonds is 3. The van der Waals surface area contributed by atoms with E-state index in [4.69, 9.17) is 4.74 Å². The van der Waals surface area contributed by atoms with Gasteiger partial charge < -0.3 is 4.74 Å². The molecule has 0 N–H and O–H groups in total. The summed E-state index contributed by atoms with van der Waals surface area (Å²) in [4.78, 5) is 12.4. The lowest BCUT2D eigenvalue weighted by Crippen LogP contribution is -2.37. The molecule has 0 saturated heterocycles. The van der Waals surface area contributed by atoms with E-state index in [9.17, 15) is 4.79 Å². The fourth-order valence-corrected chi connectivity index (χ4v) is 3.64. The summed E-state index contributed by atoms with van der Waals surface area (Å²) in [5.74, 6) is 1.21. The van der Waals surface area contributed by atoms with Crippen molar-refractivity contribution in [2.24, 2.45) is 11.8 Å². The summed E-state index contributed by atoms with van der Waals surface area (Å²) in [5, 5.41) is 0. The lowest BCUT2D eigenvalue weighted by Gasteiger charge is -2.33. The fourth-order valence-electron chi connectivity index (χ4n) is 3.64. The van der Waals surface area contributed by atoms with Crippen LogP contribution in [0.3, 0.4) is 0 Å². The molecule has 0 spiro atoms. The van der Waals surface area contributed by atoms with Gasteiger partial charge >= 0.3 is 5.97 Å². The van der Waals surface area contributed by atoms with E-state index in [1.807, 2.05) is 33.8 Å². The van der Waals surface area contributed by atoms with Crippen LogP contribution in [0.4, 0.5) is 0 Å². The molecule has 2 rings (SSSR count). The van der Waals surface area contributed by atoms with Crippen molar-refractivity contribution in [3.63, 3.8) is 0 Å². The van der Waals surface area contributed by atoms with Crippen molar-refractivity contribution >= 4 is 5.97 Å². The van der Waals surface area contributed by atoms with Crippen LogP contribution >= 0.6 is 0 Å². The first-order valence-electron chi connectivity index (χ1n) is 7.37. The largest absolute Gasteiger partial charge is 0.455 e. The minimum Gasteiger partial charge on any atom is -0.455 e. The number of hydrogen-bond donors (Lipinski definition) is 0. The molecule has 2 nitrogen and oxygen atoms in total. The molecule has 0 aliphatic heterocycles. The third kappa shape index (κ3) is 2.93. The van der Waals surface area contributed by atoms with Gasteiger partial charge in [0.15, 0.2) is 0 Å². The van der Waals surface area contributed by atoms with Gasteiger partial charge in [-0.15, -0.1) is 0 Å². The summed E-state index contributed by atoms with van der Waals surface area (Å²) in [5.41, 5.74) is 2.66. The highest BCUT2D eigenvalue weighted by molar-refractivity contribution is 5.92. The molecule has 0 aromatic carbocycles. The predicted octanol–water partition coefficient (Wildman–Crippen LogP) is 4.41. The molecular weight excluding hydrogens is 236 g/mol. The second-order valence-corrected chi connectivity index (χ2v) is 6.92. The van der Waals surface area contributed by atoms with Crippen LogP contribution < -0.4 is 0 Å². The molecule has 2 bridgehead atoms. The van der Waals surface area contributed by atoms with Crippen LogP contribution in [0.5, 0.6) is 0 Å². The molecule has 2 saturated carbocycles. The fraction of sp³-hybridized carbons (Fsp3) is 0.706. The van der Waals surface area contributed by atoms with Crippen molar-refractivity contribution in [1.82, 2.24) is 0 Å². The monoisotopic (exact) mass is 262 g/mol. The van der Waals surface area contributed by atoms with E-state index in [0.717, 1.165) is 29.1 Å². The van der Waals surface area contributed by atoms with Gasteiger partial charge in [0.25, 0.3) is 0 Å². The number of carbonyl (C=O) groups excluding carboxylic acids is 1. The van der Waals surface area contributed by atoms with E-state index >= 15 is 0 Å². The van der Waals surface area contributed by atoms with Crippen molar-refractivity contribution in [2.75, 3.05) is 0 Å². The Bertz CT molecular complexity index is 436. The number of fused-ring (bicyclic) bond motifs is 2. The molecule has 0 aromatic rings. The first-order chi connectivity index (χ1) is 8.82. The molecule has 3 atom stereocenters. The molecule has 2 aliphatic rings. The van der Waals surface area contributed by atoms with Crippen LogP contribution in [0.2, 0.25) is 0 Å². The smallest absolute Gasteiger partial charge is 0.338 e. The number of esters is 1. The molecule has 2 aliphatic carbocycles. The van der Waals surface area contributed by atoms with Crippen molar-refractivity contribution in [1.29, 1.82) is 0 Å². The van der Waals surface area contributed by atoms with Gasteiger partial charge in [-0.2, -0.15) is 0 Å². The lowest BCUT2D eigenvalue weighted by molar-refractivity contribution is -0.158. The second kappa shape index (κ2) is 5.15. The molecule has 3 unspecified atom stereocenters. The summed E-state index contributed by atoms with van der Waals surface area (Å²) in [7, 11) is 0. The molecule has 0 aromatic heterocycles. The van der Waals surface area contributed by atoms with Crippen molar-refractivity contribution in [2.45, 2.75) is 65.9 Å². The third-order valence-electron chi connectivity index (χ3n) is 4.62. The molecule has 19 heavy (non-hydrogen) atoms. The summed E-state index contributed by atoms with van der Waals surface area (Å²) < 4.78 is 5.92. The standard InChI is InChI=1S/C17H26O2/c1-11(2)8-15(12(3)4)16(18)19-17(5)10-13-6-7-14(17)9-13/h8,13-14H,6-7,9-10H2,1-5H3. The second-order valence-electron chi connectivity index (χ2n) is 6.92. The lowest BCUT2D eigenvalue weighted by atomic mass is 9.85. The maximum atomic E-state index is 12.4. The average molecular weight is 262 g/mol. The highest BCUT2D eigenvalue weighted by Crippen LogP contribution is 2.52. The van der Waals surface area contributed by atoms with Gasteiger partial charge in [-0.25, -0.2) is 4.79 Å². The highest BCUT2D eigenvalue weighted by atomic mass is 16.6. The minimum atomic E-state index is -0.226. The molecule has 2 heteroatoms. The first kappa shape index (κ1) is 14.4. The summed E-state index contributed by atoms with van der Waals surface area (Å²) >= 11 is 0. The van der Waals surface area contributed by atoms with Crippen LogP contribution in [0.1, 0.15) is 60.3 Å². The third-order valence-corrected chi connectivity index (χ3v) is 4.62. The Morgan fingerprint density at radius 3 is 2.32 bits per heavy atom. The van der Waals surface area contributed by atoms with Gasteiger partial charge in [-0.3, -0.25) is 0 Å². The minimum absolute atomic E-state index is 0.142. The Morgan fingerprint density at radius 2 is 1.89 bits per heavy atom. The van der Waals surface area contributed by atoms with Crippen molar-refractivity contribution < 1.29 is 9.53 Å². The maximum Gasteiger partial charge on any atom is 0.338 e. The van der Waals surface area contributed by atoms with E-state index in [-0.39, 0.29) is 11.6 Å². The van der Waals surface area contributed by atoms with E-state index < -0.39 is 0 Å². The Kier molecular flexibility index (Phi) is 3.89. The quantitative estimate of drug-likeness (QED) is 0.428. The van der Waals surface area contributed by atoms with Crippen molar-refractivity contribution in [3.8, 4) is 0 Å². The molecule has 0 heterocycles. The zero-order valence-corrected chi connectivity index (χ0v) is 12.9. The van der Waals surface area contributed by atoms with E-state index in [1.165, 1.54) is 19.3 Å². The van der Waals surface area contributed by atoms with Crippen LogP contribution in [-0.2, 0) is 9.53 Å². The summed E-state index contributed by atoms with van der Waals surface area (Å²) in [6.45, 7) is 10.1. The van der Waals surface area contributed by atoms with Gasteiger partial charge in [0.2, 0.25) is 0 Å². The molecular formula is C17H26O2.